The molecule has 0 saturated carbocycles. The Hall–Kier alpha value is -3.13. The zero-order chi connectivity index (χ0) is 19.0. The molecular weight excluding hydrogens is 364 g/mol. The fourth-order valence-electron chi connectivity index (χ4n) is 3.12. The predicted octanol–water partition coefficient (Wildman–Crippen LogP) is 2.51. The van der Waals surface area contributed by atoms with E-state index >= 15 is 0 Å². The number of carbonyl (C=O) groups is 1. The highest BCUT2D eigenvalue weighted by Gasteiger charge is 2.15. The Bertz CT molecular complexity index is 1170. The van der Waals surface area contributed by atoms with Gasteiger partial charge in [-0.15, -0.1) is 10.2 Å². The molecule has 0 spiro atoms. The van der Waals surface area contributed by atoms with Gasteiger partial charge in [-0.3, -0.25) is 9.59 Å². The second kappa shape index (κ2) is 6.88. The third kappa shape index (κ3) is 3.08. The molecule has 2 aromatic heterocycles. The van der Waals surface area contributed by atoms with Crippen molar-refractivity contribution < 1.29 is 9.90 Å². The lowest BCUT2D eigenvalue weighted by atomic mass is 10.1. The van der Waals surface area contributed by atoms with Gasteiger partial charge in [0.15, 0.2) is 16.4 Å². The lowest BCUT2D eigenvalue weighted by molar-refractivity contribution is -0.133. The van der Waals surface area contributed by atoms with Crippen molar-refractivity contribution in [1.29, 1.82) is 0 Å². The van der Waals surface area contributed by atoms with Crippen LogP contribution >= 0.6 is 11.8 Å². The molecular formula is C19H16N4O3S. The van der Waals surface area contributed by atoms with E-state index in [1.165, 1.54) is 0 Å². The average Bonchev–Trinajstić information content (AvgIpc) is 3.03. The van der Waals surface area contributed by atoms with Gasteiger partial charge >= 0.3 is 5.97 Å². The molecule has 0 unspecified atom stereocenters. The lowest BCUT2D eigenvalue weighted by Crippen LogP contribution is -2.14. The zero-order valence-corrected chi connectivity index (χ0v) is 15.3. The van der Waals surface area contributed by atoms with Crippen LogP contribution in [0.5, 0.6) is 0 Å². The first kappa shape index (κ1) is 17.3. The molecule has 0 atom stereocenters. The van der Waals surface area contributed by atoms with Gasteiger partial charge in [-0.2, -0.15) is 0 Å². The summed E-state index contributed by atoms with van der Waals surface area (Å²) in [6.45, 7) is 0.415. The molecule has 7 nitrogen and oxygen atoms in total. The molecule has 2 heterocycles. The van der Waals surface area contributed by atoms with Crippen molar-refractivity contribution in [2.75, 3.05) is 5.75 Å². The Morgan fingerprint density at radius 1 is 1.04 bits per heavy atom. The number of para-hydroxylation sites is 2. The van der Waals surface area contributed by atoms with Crippen molar-refractivity contribution in [2.24, 2.45) is 7.05 Å². The van der Waals surface area contributed by atoms with Crippen molar-refractivity contribution in [3.63, 3.8) is 0 Å². The Kier molecular flexibility index (Phi) is 4.41. The highest BCUT2D eigenvalue weighted by atomic mass is 32.2. The Morgan fingerprint density at radius 2 is 1.63 bits per heavy atom. The van der Waals surface area contributed by atoms with E-state index in [1.807, 2.05) is 60.1 Å². The number of thioether (sulfide) groups is 1. The first-order chi connectivity index (χ1) is 13.1. The summed E-state index contributed by atoms with van der Waals surface area (Å²) in [5, 5.41) is 19.0. The molecule has 0 fully saturated rings. The van der Waals surface area contributed by atoms with E-state index in [-0.39, 0.29) is 11.2 Å². The number of fused-ring (bicyclic) bond motifs is 2. The fraction of sp³-hybridized carbons (Fsp3) is 0.158. The second-order valence-electron chi connectivity index (χ2n) is 6.09. The van der Waals surface area contributed by atoms with Gasteiger partial charge in [0.25, 0.3) is 0 Å². The number of benzene rings is 2. The van der Waals surface area contributed by atoms with Crippen LogP contribution in [-0.4, -0.2) is 36.2 Å². The summed E-state index contributed by atoms with van der Waals surface area (Å²) in [4.78, 5) is 23.6. The minimum atomic E-state index is -0.901. The number of pyridine rings is 1. The quantitative estimate of drug-likeness (QED) is 0.423. The molecule has 27 heavy (non-hydrogen) atoms. The van der Waals surface area contributed by atoms with E-state index in [4.69, 9.17) is 5.11 Å². The van der Waals surface area contributed by atoms with Crippen molar-refractivity contribution in [1.82, 2.24) is 19.3 Å². The van der Waals surface area contributed by atoms with Crippen molar-refractivity contribution in [3.8, 4) is 0 Å². The van der Waals surface area contributed by atoms with E-state index in [9.17, 15) is 9.59 Å². The van der Waals surface area contributed by atoms with E-state index < -0.39 is 5.97 Å². The summed E-state index contributed by atoms with van der Waals surface area (Å²) in [6, 6.07) is 15.0. The monoisotopic (exact) mass is 380 g/mol. The Labute approximate surface area is 158 Å². The largest absolute Gasteiger partial charge is 0.481 e. The minimum Gasteiger partial charge on any atom is -0.481 e. The van der Waals surface area contributed by atoms with Gasteiger partial charge in [0.1, 0.15) is 0 Å². The first-order valence-electron chi connectivity index (χ1n) is 8.29. The standard InChI is InChI=1S/C19H16N4O3S/c1-22-16(20-21-19(22)27-11-17(24)25)10-23-14-8-4-2-6-12(14)18(26)13-7-3-5-9-15(13)23/h2-9H,10-11H2,1H3,(H,24,25). The molecule has 0 aliphatic heterocycles. The van der Waals surface area contributed by atoms with Crippen LogP contribution < -0.4 is 5.43 Å². The van der Waals surface area contributed by atoms with E-state index in [0.717, 1.165) is 22.8 Å². The second-order valence-corrected chi connectivity index (χ2v) is 7.03. The van der Waals surface area contributed by atoms with Gasteiger partial charge in [0.05, 0.1) is 23.3 Å². The number of hydrogen-bond donors (Lipinski definition) is 1. The number of aliphatic carboxylic acids is 1. The van der Waals surface area contributed by atoms with Crippen molar-refractivity contribution in [2.45, 2.75) is 11.7 Å². The fourth-order valence-corrected chi connectivity index (χ4v) is 3.77. The number of aromatic nitrogens is 4. The predicted molar refractivity (Wildman–Crippen MR) is 104 cm³/mol. The van der Waals surface area contributed by atoms with Crippen LogP contribution in [0.25, 0.3) is 21.8 Å². The van der Waals surface area contributed by atoms with Gasteiger partial charge in [0, 0.05) is 17.8 Å². The Balaban J connectivity index is 1.86. The number of hydrogen-bond acceptors (Lipinski definition) is 5. The number of carboxylic acids is 1. The van der Waals surface area contributed by atoms with E-state index in [0.29, 0.717) is 28.3 Å². The highest BCUT2D eigenvalue weighted by molar-refractivity contribution is 7.99. The summed E-state index contributed by atoms with van der Waals surface area (Å²) >= 11 is 1.13. The molecule has 4 aromatic rings. The molecule has 2 aromatic carbocycles. The first-order valence-corrected chi connectivity index (χ1v) is 9.28. The van der Waals surface area contributed by atoms with Crippen LogP contribution in [0.15, 0.2) is 58.5 Å². The molecule has 0 bridgehead atoms. The van der Waals surface area contributed by atoms with Crippen molar-refractivity contribution >= 4 is 39.5 Å². The van der Waals surface area contributed by atoms with Crippen LogP contribution in [0, 0.1) is 0 Å². The maximum absolute atomic E-state index is 12.8. The Morgan fingerprint density at radius 3 is 2.22 bits per heavy atom. The molecule has 0 aliphatic rings. The summed E-state index contributed by atoms with van der Waals surface area (Å²) < 4.78 is 3.83. The van der Waals surface area contributed by atoms with Gasteiger partial charge < -0.3 is 14.2 Å². The van der Waals surface area contributed by atoms with Crippen molar-refractivity contribution in [3.05, 3.63) is 64.6 Å². The lowest BCUT2D eigenvalue weighted by Gasteiger charge is -2.14. The summed E-state index contributed by atoms with van der Waals surface area (Å²) in [7, 11) is 1.81. The van der Waals surface area contributed by atoms with Crippen LogP contribution in [0.2, 0.25) is 0 Å². The average molecular weight is 380 g/mol. The van der Waals surface area contributed by atoms with Gasteiger partial charge in [0.2, 0.25) is 0 Å². The SMILES string of the molecule is Cn1c(Cn2c3ccccc3c(=O)c3ccccc32)nnc1SCC(=O)O. The third-order valence-electron chi connectivity index (χ3n) is 4.43. The normalized spacial score (nSPS) is 11.3. The molecule has 0 amide bonds. The highest BCUT2D eigenvalue weighted by Crippen LogP contribution is 2.21. The topological polar surface area (TPSA) is 90.0 Å². The van der Waals surface area contributed by atoms with Crippen LogP contribution in [0.3, 0.4) is 0 Å². The van der Waals surface area contributed by atoms with Gasteiger partial charge in [-0.25, -0.2) is 0 Å². The van der Waals surface area contributed by atoms with Crippen LogP contribution in [0.1, 0.15) is 5.82 Å². The third-order valence-corrected chi connectivity index (χ3v) is 5.43. The maximum Gasteiger partial charge on any atom is 0.313 e. The van der Waals surface area contributed by atoms with Gasteiger partial charge in [-0.1, -0.05) is 36.0 Å². The maximum atomic E-state index is 12.8. The van der Waals surface area contributed by atoms with Crippen LogP contribution in [0.4, 0.5) is 0 Å². The number of rotatable bonds is 5. The molecule has 136 valence electrons. The molecule has 0 radical (unpaired) electrons. The van der Waals surface area contributed by atoms with Crippen LogP contribution in [-0.2, 0) is 18.4 Å². The number of nitrogens with zero attached hydrogens (tertiary/aromatic N) is 4. The summed E-state index contributed by atoms with van der Waals surface area (Å²) in [5.41, 5.74) is 1.65. The van der Waals surface area contributed by atoms with E-state index in [1.54, 1.807) is 4.57 Å². The summed E-state index contributed by atoms with van der Waals surface area (Å²) in [5.74, 6) is -0.292. The number of carboxylic acid groups (broad SMARTS) is 1. The molecule has 0 saturated heterocycles. The van der Waals surface area contributed by atoms with E-state index in [2.05, 4.69) is 10.2 Å². The smallest absolute Gasteiger partial charge is 0.313 e. The molecule has 1 N–H and O–H groups in total. The minimum absolute atomic E-state index is 0.00752. The molecule has 8 heteroatoms. The molecule has 0 aliphatic carbocycles. The zero-order valence-electron chi connectivity index (χ0n) is 14.5. The summed E-state index contributed by atoms with van der Waals surface area (Å²) in [6.07, 6.45) is 0. The van der Waals surface area contributed by atoms with Gasteiger partial charge in [-0.05, 0) is 24.3 Å². The molecule has 4 rings (SSSR count).